The number of hydrogen-bond acceptors (Lipinski definition) is 3. The molecule has 0 radical (unpaired) electrons. The zero-order valence-corrected chi connectivity index (χ0v) is 13.3. The molecule has 0 aromatic carbocycles. The van der Waals surface area contributed by atoms with Crippen molar-refractivity contribution in [1.29, 1.82) is 0 Å². The van der Waals surface area contributed by atoms with Crippen molar-refractivity contribution in [3.05, 3.63) is 0 Å². The number of rotatable bonds is 9. The van der Waals surface area contributed by atoms with Crippen LogP contribution in [0.3, 0.4) is 0 Å². The first kappa shape index (κ1) is 18.0. The van der Waals surface area contributed by atoms with Gasteiger partial charge >= 0.3 is 5.97 Å². The van der Waals surface area contributed by atoms with Gasteiger partial charge in [-0.05, 0) is 26.2 Å². The van der Waals surface area contributed by atoms with Crippen LogP contribution in [-0.4, -0.2) is 47.7 Å². The van der Waals surface area contributed by atoms with Gasteiger partial charge in [0.15, 0.2) is 0 Å². The number of nitrogens with zero attached hydrogens (tertiary/aromatic N) is 1. The van der Waals surface area contributed by atoms with E-state index in [2.05, 4.69) is 6.92 Å². The van der Waals surface area contributed by atoms with Gasteiger partial charge in [0.1, 0.15) is 6.61 Å². The lowest BCUT2D eigenvalue weighted by Gasteiger charge is -2.30. The maximum atomic E-state index is 12.0. The first-order valence-electron chi connectivity index (χ1n) is 8.16. The van der Waals surface area contributed by atoms with Gasteiger partial charge in [-0.25, -0.2) is 0 Å². The molecule has 1 amide bonds. The lowest BCUT2D eigenvalue weighted by molar-refractivity contribution is -0.147. The quantitative estimate of drug-likeness (QED) is 0.665. The number of hydrogen-bond donors (Lipinski definition) is 1. The largest absolute Gasteiger partial charge is 0.481 e. The summed E-state index contributed by atoms with van der Waals surface area (Å²) in [5.41, 5.74) is 0. The average molecular weight is 299 g/mol. The second-order valence-corrected chi connectivity index (χ2v) is 5.96. The molecule has 0 saturated carbocycles. The number of aliphatic carboxylic acids is 1. The van der Waals surface area contributed by atoms with Crippen LogP contribution in [0.1, 0.15) is 58.8 Å². The third-order valence-electron chi connectivity index (χ3n) is 4.15. The molecular weight excluding hydrogens is 270 g/mol. The van der Waals surface area contributed by atoms with E-state index in [1.807, 2.05) is 6.92 Å². The number of likely N-dealkylation sites (tertiary alicyclic amines) is 1. The summed E-state index contributed by atoms with van der Waals surface area (Å²) in [6, 6.07) is 0. The number of piperidine rings is 1. The van der Waals surface area contributed by atoms with Crippen LogP contribution in [0.5, 0.6) is 0 Å². The minimum Gasteiger partial charge on any atom is -0.481 e. The van der Waals surface area contributed by atoms with Crippen LogP contribution in [0.4, 0.5) is 0 Å². The molecule has 21 heavy (non-hydrogen) atoms. The number of carboxylic acids is 1. The summed E-state index contributed by atoms with van der Waals surface area (Å²) in [6.07, 6.45) is 7.05. The third kappa shape index (κ3) is 6.93. The van der Waals surface area contributed by atoms with E-state index in [-0.39, 0.29) is 24.5 Å². The number of ether oxygens (including phenoxy) is 1. The van der Waals surface area contributed by atoms with E-state index in [0.717, 1.165) is 12.8 Å². The van der Waals surface area contributed by atoms with Crippen molar-refractivity contribution in [2.75, 3.05) is 19.7 Å². The lowest BCUT2D eigenvalue weighted by atomic mass is 9.97. The summed E-state index contributed by atoms with van der Waals surface area (Å²) in [4.78, 5) is 24.6. The molecule has 1 N–H and O–H groups in total. The third-order valence-corrected chi connectivity index (χ3v) is 4.15. The maximum absolute atomic E-state index is 12.0. The van der Waals surface area contributed by atoms with Gasteiger partial charge in [0, 0.05) is 13.1 Å². The van der Waals surface area contributed by atoms with E-state index in [1.54, 1.807) is 4.90 Å². The molecule has 1 fully saturated rings. The van der Waals surface area contributed by atoms with Crippen molar-refractivity contribution in [1.82, 2.24) is 4.90 Å². The first-order valence-corrected chi connectivity index (χ1v) is 8.16. The van der Waals surface area contributed by atoms with E-state index < -0.39 is 5.97 Å². The number of amides is 1. The molecule has 1 aliphatic rings. The van der Waals surface area contributed by atoms with Crippen LogP contribution in [0.15, 0.2) is 0 Å². The topological polar surface area (TPSA) is 66.8 Å². The predicted molar refractivity (Wildman–Crippen MR) is 81.1 cm³/mol. The molecule has 1 heterocycles. The highest BCUT2D eigenvalue weighted by Gasteiger charge is 2.26. The molecule has 1 rings (SSSR count). The van der Waals surface area contributed by atoms with Gasteiger partial charge in [0.25, 0.3) is 0 Å². The molecule has 1 atom stereocenters. The summed E-state index contributed by atoms with van der Waals surface area (Å²) in [7, 11) is 0. The van der Waals surface area contributed by atoms with Crippen LogP contribution in [0, 0.1) is 5.92 Å². The number of carbonyl (C=O) groups excluding carboxylic acids is 1. The molecule has 0 bridgehead atoms. The van der Waals surface area contributed by atoms with Crippen LogP contribution in [0.2, 0.25) is 0 Å². The Bertz CT molecular complexity index is 324. The van der Waals surface area contributed by atoms with Gasteiger partial charge in [-0.1, -0.05) is 32.6 Å². The molecule has 122 valence electrons. The Balaban J connectivity index is 2.15. The summed E-state index contributed by atoms with van der Waals surface area (Å²) >= 11 is 0. The Morgan fingerprint density at radius 1 is 1.24 bits per heavy atom. The van der Waals surface area contributed by atoms with Gasteiger partial charge in [0.2, 0.25) is 5.91 Å². The van der Waals surface area contributed by atoms with Crippen LogP contribution in [0.25, 0.3) is 0 Å². The molecule has 1 unspecified atom stereocenters. The molecule has 0 spiro atoms. The van der Waals surface area contributed by atoms with Gasteiger partial charge in [-0.3, -0.25) is 9.59 Å². The van der Waals surface area contributed by atoms with Crippen molar-refractivity contribution in [3.8, 4) is 0 Å². The van der Waals surface area contributed by atoms with Crippen molar-refractivity contribution in [2.45, 2.75) is 64.9 Å². The Hall–Kier alpha value is -1.10. The predicted octanol–water partition coefficient (Wildman–Crippen LogP) is 2.69. The average Bonchev–Trinajstić information content (AvgIpc) is 2.49. The smallest absolute Gasteiger partial charge is 0.306 e. The number of carbonyl (C=O) groups is 2. The van der Waals surface area contributed by atoms with Crippen molar-refractivity contribution in [2.24, 2.45) is 5.92 Å². The number of unbranched alkanes of at least 4 members (excludes halogenated alkanes) is 3. The molecule has 5 heteroatoms. The highest BCUT2D eigenvalue weighted by Crippen LogP contribution is 2.17. The van der Waals surface area contributed by atoms with Gasteiger partial charge in [0.05, 0.1) is 12.0 Å². The molecule has 1 aliphatic heterocycles. The maximum Gasteiger partial charge on any atom is 0.306 e. The zero-order chi connectivity index (χ0) is 15.7. The van der Waals surface area contributed by atoms with E-state index >= 15 is 0 Å². The van der Waals surface area contributed by atoms with Crippen LogP contribution < -0.4 is 0 Å². The molecule has 1 saturated heterocycles. The molecule has 0 aliphatic carbocycles. The monoisotopic (exact) mass is 299 g/mol. The fourth-order valence-electron chi connectivity index (χ4n) is 2.62. The SMILES string of the molecule is CCCCCCC(C)OCC(=O)N1CCC(C(=O)O)CC1. The lowest BCUT2D eigenvalue weighted by Crippen LogP contribution is -2.42. The minimum atomic E-state index is -0.751. The second-order valence-electron chi connectivity index (χ2n) is 5.96. The van der Waals surface area contributed by atoms with Crippen molar-refractivity contribution >= 4 is 11.9 Å². The standard InChI is InChI=1S/C16H29NO4/c1-3-4-5-6-7-13(2)21-12-15(18)17-10-8-14(9-11-17)16(19)20/h13-14H,3-12H2,1-2H3,(H,19,20). The van der Waals surface area contributed by atoms with E-state index in [0.29, 0.717) is 25.9 Å². The van der Waals surface area contributed by atoms with Crippen molar-refractivity contribution < 1.29 is 19.4 Å². The Morgan fingerprint density at radius 2 is 1.90 bits per heavy atom. The van der Waals surface area contributed by atoms with E-state index in [1.165, 1.54) is 19.3 Å². The molecule has 5 nitrogen and oxygen atoms in total. The molecular formula is C16H29NO4. The second kappa shape index (κ2) is 9.77. The van der Waals surface area contributed by atoms with Crippen LogP contribution >= 0.6 is 0 Å². The highest BCUT2D eigenvalue weighted by atomic mass is 16.5. The van der Waals surface area contributed by atoms with Crippen molar-refractivity contribution in [3.63, 3.8) is 0 Å². The summed E-state index contributed by atoms with van der Waals surface area (Å²) in [6.45, 7) is 5.38. The summed E-state index contributed by atoms with van der Waals surface area (Å²) in [5.74, 6) is -1.06. The highest BCUT2D eigenvalue weighted by molar-refractivity contribution is 5.78. The van der Waals surface area contributed by atoms with E-state index in [4.69, 9.17) is 9.84 Å². The summed E-state index contributed by atoms with van der Waals surface area (Å²) < 4.78 is 5.60. The molecule has 0 aromatic heterocycles. The molecule has 0 aromatic rings. The fraction of sp³-hybridized carbons (Fsp3) is 0.875. The number of carboxylic acid groups (broad SMARTS) is 1. The zero-order valence-electron chi connectivity index (χ0n) is 13.3. The fourth-order valence-corrected chi connectivity index (χ4v) is 2.62. The minimum absolute atomic E-state index is 0.0146. The van der Waals surface area contributed by atoms with Gasteiger partial charge in [-0.2, -0.15) is 0 Å². The van der Waals surface area contributed by atoms with Gasteiger partial charge < -0.3 is 14.7 Å². The Labute approximate surface area is 127 Å². The van der Waals surface area contributed by atoms with Crippen LogP contribution in [-0.2, 0) is 14.3 Å². The Morgan fingerprint density at radius 3 is 2.48 bits per heavy atom. The first-order chi connectivity index (χ1) is 10.0. The van der Waals surface area contributed by atoms with E-state index in [9.17, 15) is 9.59 Å². The normalized spacial score (nSPS) is 17.7. The van der Waals surface area contributed by atoms with Gasteiger partial charge in [-0.15, -0.1) is 0 Å². The Kier molecular flexibility index (Phi) is 8.35. The summed E-state index contributed by atoms with van der Waals surface area (Å²) in [5, 5.41) is 8.93.